The number of nitrogens with zero attached hydrogens (tertiary/aromatic N) is 1. The van der Waals surface area contributed by atoms with Crippen molar-refractivity contribution in [1.29, 1.82) is 0 Å². The maximum absolute atomic E-state index is 12.7. The molecule has 152 valence electrons. The summed E-state index contributed by atoms with van der Waals surface area (Å²) in [5.41, 5.74) is 7.33. The van der Waals surface area contributed by atoms with E-state index in [0.29, 0.717) is 17.1 Å². The molecule has 1 aliphatic rings. The second-order valence-corrected chi connectivity index (χ2v) is 6.16. The van der Waals surface area contributed by atoms with Gasteiger partial charge in [0.2, 0.25) is 12.7 Å². The second kappa shape index (κ2) is 9.57. The monoisotopic (exact) mass is 414 g/mol. The Morgan fingerprint density at radius 2 is 1.86 bits per heavy atom. The van der Waals surface area contributed by atoms with Crippen molar-refractivity contribution < 1.29 is 27.8 Å². The highest BCUT2D eigenvalue weighted by Crippen LogP contribution is 2.39. The number of hydrogen-bond donors (Lipinski definition) is 1. The summed E-state index contributed by atoms with van der Waals surface area (Å²) in [4.78, 5) is 13.9. The van der Waals surface area contributed by atoms with Gasteiger partial charge in [-0.15, -0.1) is 12.4 Å². The van der Waals surface area contributed by atoms with Crippen LogP contribution < -0.4 is 19.9 Å². The SMILES string of the molecule is CN(Cc1cc2c(cc1OC(F)F)OCO2)C(=O)CC(N)c1ccccc1.Cl. The quantitative estimate of drug-likeness (QED) is 0.750. The molecule has 2 aromatic carbocycles. The molecule has 2 aromatic rings. The number of rotatable bonds is 7. The van der Waals surface area contributed by atoms with E-state index in [1.165, 1.54) is 11.0 Å². The summed E-state index contributed by atoms with van der Waals surface area (Å²) in [6.07, 6.45) is 0.0934. The van der Waals surface area contributed by atoms with Crippen LogP contribution in [0.15, 0.2) is 42.5 Å². The van der Waals surface area contributed by atoms with Crippen LogP contribution in [-0.4, -0.2) is 31.3 Å². The first-order chi connectivity index (χ1) is 12.9. The van der Waals surface area contributed by atoms with Crippen molar-refractivity contribution in [1.82, 2.24) is 4.90 Å². The van der Waals surface area contributed by atoms with Gasteiger partial charge in [-0.3, -0.25) is 4.79 Å². The van der Waals surface area contributed by atoms with Gasteiger partial charge in [0.25, 0.3) is 0 Å². The molecule has 3 rings (SSSR count). The van der Waals surface area contributed by atoms with Crippen molar-refractivity contribution in [3.8, 4) is 17.2 Å². The summed E-state index contributed by atoms with van der Waals surface area (Å²) in [6.45, 7) is -2.91. The molecule has 1 heterocycles. The number of hydrogen-bond acceptors (Lipinski definition) is 5. The number of carbonyl (C=O) groups excluding carboxylic acids is 1. The first kappa shape index (κ1) is 21.7. The lowest BCUT2D eigenvalue weighted by Crippen LogP contribution is -2.29. The standard InChI is InChI=1S/C19H20F2N2O4.ClH/c1-23(18(24)8-14(22)12-5-3-2-4-6-12)10-13-7-16-17(26-11-25-16)9-15(13)27-19(20)21;/h2-7,9,14,19H,8,10-11,22H2,1H3;1H. The summed E-state index contributed by atoms with van der Waals surface area (Å²) >= 11 is 0. The highest BCUT2D eigenvalue weighted by molar-refractivity contribution is 5.85. The summed E-state index contributed by atoms with van der Waals surface area (Å²) in [5, 5.41) is 0. The fraction of sp³-hybridized carbons (Fsp3) is 0.316. The molecule has 9 heteroatoms. The van der Waals surface area contributed by atoms with Crippen molar-refractivity contribution in [3.63, 3.8) is 0 Å². The fourth-order valence-corrected chi connectivity index (χ4v) is 2.80. The first-order valence-corrected chi connectivity index (χ1v) is 8.36. The molecule has 0 aliphatic carbocycles. The molecular formula is C19H21ClF2N2O4. The van der Waals surface area contributed by atoms with E-state index in [0.717, 1.165) is 5.56 Å². The predicted octanol–water partition coefficient (Wildman–Crippen LogP) is 3.49. The van der Waals surface area contributed by atoms with Gasteiger partial charge in [-0.2, -0.15) is 8.78 Å². The molecule has 0 saturated carbocycles. The number of amides is 1. The van der Waals surface area contributed by atoms with E-state index < -0.39 is 12.7 Å². The Kier molecular flexibility index (Phi) is 7.42. The number of fused-ring (bicyclic) bond motifs is 1. The van der Waals surface area contributed by atoms with Crippen LogP contribution >= 0.6 is 12.4 Å². The molecule has 0 aromatic heterocycles. The van der Waals surface area contributed by atoms with E-state index in [1.54, 1.807) is 13.1 Å². The largest absolute Gasteiger partial charge is 0.454 e. The Hall–Kier alpha value is -2.58. The molecule has 1 atom stereocenters. The molecule has 1 aliphatic heterocycles. The highest BCUT2D eigenvalue weighted by atomic mass is 35.5. The molecule has 0 bridgehead atoms. The minimum absolute atomic E-state index is 0. The van der Waals surface area contributed by atoms with Gasteiger partial charge in [-0.05, 0) is 11.6 Å². The molecule has 6 nitrogen and oxygen atoms in total. The maximum atomic E-state index is 12.7. The summed E-state index contributed by atoms with van der Waals surface area (Å²) in [5.74, 6) is 0.483. The van der Waals surface area contributed by atoms with Gasteiger partial charge >= 0.3 is 6.61 Å². The van der Waals surface area contributed by atoms with E-state index in [9.17, 15) is 13.6 Å². The van der Waals surface area contributed by atoms with Crippen LogP contribution in [0.1, 0.15) is 23.6 Å². The molecule has 0 fully saturated rings. The smallest absolute Gasteiger partial charge is 0.387 e. The van der Waals surface area contributed by atoms with E-state index in [2.05, 4.69) is 4.74 Å². The lowest BCUT2D eigenvalue weighted by atomic mass is 10.0. The number of benzene rings is 2. The van der Waals surface area contributed by atoms with Crippen LogP contribution in [0, 0.1) is 0 Å². The molecule has 28 heavy (non-hydrogen) atoms. The number of carbonyl (C=O) groups is 1. The molecule has 1 amide bonds. The topological polar surface area (TPSA) is 74.0 Å². The molecule has 0 spiro atoms. The Bertz CT molecular complexity index is 808. The van der Waals surface area contributed by atoms with E-state index in [4.69, 9.17) is 15.2 Å². The van der Waals surface area contributed by atoms with Crippen LogP contribution in [0.5, 0.6) is 17.2 Å². The van der Waals surface area contributed by atoms with Gasteiger partial charge < -0.3 is 24.8 Å². The van der Waals surface area contributed by atoms with Gasteiger partial charge in [-0.25, -0.2) is 0 Å². The number of halogens is 3. The molecule has 0 radical (unpaired) electrons. The second-order valence-electron chi connectivity index (χ2n) is 6.16. The minimum Gasteiger partial charge on any atom is -0.454 e. The van der Waals surface area contributed by atoms with Gasteiger partial charge in [0.05, 0.1) is 0 Å². The van der Waals surface area contributed by atoms with Crippen molar-refractivity contribution in [2.75, 3.05) is 13.8 Å². The lowest BCUT2D eigenvalue weighted by Gasteiger charge is -2.21. The van der Waals surface area contributed by atoms with E-state index >= 15 is 0 Å². The zero-order chi connectivity index (χ0) is 19.4. The first-order valence-electron chi connectivity index (χ1n) is 8.36. The van der Waals surface area contributed by atoms with Crippen molar-refractivity contribution >= 4 is 18.3 Å². The minimum atomic E-state index is -2.99. The van der Waals surface area contributed by atoms with Crippen LogP contribution in [0.2, 0.25) is 0 Å². The summed E-state index contributed by atoms with van der Waals surface area (Å²) in [7, 11) is 1.58. The van der Waals surface area contributed by atoms with Crippen LogP contribution in [0.4, 0.5) is 8.78 Å². The average Bonchev–Trinajstić information content (AvgIpc) is 3.09. The highest BCUT2D eigenvalue weighted by Gasteiger charge is 2.22. The van der Waals surface area contributed by atoms with Crippen molar-refractivity contribution in [2.45, 2.75) is 25.6 Å². The van der Waals surface area contributed by atoms with E-state index in [1.807, 2.05) is 30.3 Å². The third kappa shape index (κ3) is 5.24. The normalized spacial score (nSPS) is 13.0. The number of alkyl halides is 2. The van der Waals surface area contributed by atoms with Crippen LogP contribution in [0.3, 0.4) is 0 Å². The van der Waals surface area contributed by atoms with Crippen LogP contribution in [0.25, 0.3) is 0 Å². The lowest BCUT2D eigenvalue weighted by molar-refractivity contribution is -0.130. The Morgan fingerprint density at radius 3 is 2.50 bits per heavy atom. The zero-order valence-corrected chi connectivity index (χ0v) is 16.0. The fourth-order valence-electron chi connectivity index (χ4n) is 2.80. The number of nitrogens with two attached hydrogens (primary N) is 1. The third-order valence-corrected chi connectivity index (χ3v) is 4.23. The molecular weight excluding hydrogens is 394 g/mol. The average molecular weight is 415 g/mol. The van der Waals surface area contributed by atoms with Crippen molar-refractivity contribution in [3.05, 3.63) is 53.6 Å². The molecule has 0 saturated heterocycles. The molecule has 1 unspecified atom stereocenters. The Balaban J connectivity index is 0.00000280. The summed E-state index contributed by atoms with van der Waals surface area (Å²) in [6, 6.07) is 11.7. The van der Waals surface area contributed by atoms with Gasteiger partial charge in [0.15, 0.2) is 11.5 Å². The van der Waals surface area contributed by atoms with Crippen molar-refractivity contribution in [2.24, 2.45) is 5.73 Å². The maximum Gasteiger partial charge on any atom is 0.387 e. The predicted molar refractivity (Wildman–Crippen MR) is 101 cm³/mol. The Labute approximate surface area is 167 Å². The van der Waals surface area contributed by atoms with Gasteiger partial charge in [0, 0.05) is 37.7 Å². The Morgan fingerprint density at radius 1 is 1.21 bits per heavy atom. The van der Waals surface area contributed by atoms with E-state index in [-0.39, 0.29) is 43.8 Å². The third-order valence-electron chi connectivity index (χ3n) is 4.23. The summed E-state index contributed by atoms with van der Waals surface area (Å²) < 4.78 is 40.5. The van der Waals surface area contributed by atoms with Gasteiger partial charge in [-0.1, -0.05) is 30.3 Å². The van der Waals surface area contributed by atoms with Crippen LogP contribution in [-0.2, 0) is 11.3 Å². The van der Waals surface area contributed by atoms with Gasteiger partial charge in [0.1, 0.15) is 5.75 Å². The zero-order valence-electron chi connectivity index (χ0n) is 15.1. The molecule has 2 N–H and O–H groups in total. The number of ether oxygens (including phenoxy) is 3.